The van der Waals surface area contributed by atoms with Crippen LogP contribution in [0.1, 0.15) is 28.5 Å². The fourth-order valence-corrected chi connectivity index (χ4v) is 3.22. The second-order valence-corrected chi connectivity index (χ2v) is 7.70. The van der Waals surface area contributed by atoms with Gasteiger partial charge in [-0.25, -0.2) is 5.43 Å². The Hall–Kier alpha value is -4.10. The lowest BCUT2D eigenvalue weighted by Crippen LogP contribution is -2.19. The maximum atomic E-state index is 12.4. The van der Waals surface area contributed by atoms with Crippen molar-refractivity contribution >= 4 is 23.2 Å². The number of aromatic hydroxyl groups is 1. The molecule has 0 saturated carbocycles. The number of aromatic nitrogens is 2. The Balaban J connectivity index is 1.37. The molecular weight excluding hydrogens is 440 g/mol. The second-order valence-electron chi connectivity index (χ2n) is 7.26. The molecular formula is C25H21ClN4O3. The summed E-state index contributed by atoms with van der Waals surface area (Å²) < 4.78 is 5.80. The highest BCUT2D eigenvalue weighted by Crippen LogP contribution is 2.22. The van der Waals surface area contributed by atoms with Gasteiger partial charge in [-0.15, -0.1) is 0 Å². The van der Waals surface area contributed by atoms with Gasteiger partial charge in [0.2, 0.25) is 0 Å². The third-order valence-electron chi connectivity index (χ3n) is 4.91. The van der Waals surface area contributed by atoms with Crippen molar-refractivity contribution in [1.29, 1.82) is 0 Å². The number of ether oxygens (including phenoxy) is 1. The predicted octanol–water partition coefficient (Wildman–Crippen LogP) is 5.17. The molecule has 0 bridgehead atoms. The fourth-order valence-electron chi connectivity index (χ4n) is 3.09. The Labute approximate surface area is 195 Å². The molecule has 3 N–H and O–H groups in total. The van der Waals surface area contributed by atoms with E-state index in [1.807, 2.05) is 48.5 Å². The maximum Gasteiger partial charge on any atom is 0.289 e. The highest BCUT2D eigenvalue weighted by molar-refractivity contribution is 6.30. The molecule has 166 valence electrons. The van der Waals surface area contributed by atoms with E-state index in [9.17, 15) is 9.90 Å². The number of carbonyl (C=O) groups excluding carboxylic acids is 1. The van der Waals surface area contributed by atoms with E-state index in [0.717, 1.165) is 16.9 Å². The Morgan fingerprint density at radius 1 is 1.09 bits per heavy atom. The molecule has 4 aromatic rings. The summed E-state index contributed by atoms with van der Waals surface area (Å²) in [5.41, 5.74) is 6.23. The average molecular weight is 461 g/mol. The molecule has 0 aliphatic rings. The molecule has 0 aliphatic carbocycles. The summed E-state index contributed by atoms with van der Waals surface area (Å²) in [4.78, 5) is 12.4. The van der Waals surface area contributed by atoms with Crippen molar-refractivity contribution < 1.29 is 14.6 Å². The molecule has 33 heavy (non-hydrogen) atoms. The number of hydrogen-bond acceptors (Lipinski definition) is 5. The number of benzene rings is 3. The van der Waals surface area contributed by atoms with Gasteiger partial charge in [-0.1, -0.05) is 35.9 Å². The van der Waals surface area contributed by atoms with Gasteiger partial charge < -0.3 is 9.84 Å². The zero-order chi connectivity index (χ0) is 23.2. The van der Waals surface area contributed by atoms with Crippen LogP contribution in [-0.4, -0.2) is 26.9 Å². The smallest absolute Gasteiger partial charge is 0.289 e. The molecule has 0 unspecified atom stereocenters. The van der Waals surface area contributed by atoms with Gasteiger partial charge in [-0.3, -0.25) is 9.89 Å². The number of aromatic amines is 1. The average Bonchev–Trinajstić information content (AvgIpc) is 3.33. The van der Waals surface area contributed by atoms with Gasteiger partial charge in [-0.2, -0.15) is 10.2 Å². The molecule has 7 nitrogen and oxygen atoms in total. The number of H-pyrrole nitrogens is 1. The van der Waals surface area contributed by atoms with E-state index in [4.69, 9.17) is 16.3 Å². The third-order valence-corrected chi connectivity index (χ3v) is 5.16. The highest BCUT2D eigenvalue weighted by atomic mass is 35.5. The fraction of sp³-hybridized carbons (Fsp3) is 0.0800. The normalized spacial score (nSPS) is 11.3. The zero-order valence-electron chi connectivity index (χ0n) is 17.7. The van der Waals surface area contributed by atoms with Crippen LogP contribution >= 0.6 is 11.6 Å². The SMILES string of the molecule is C/C(=N\NC(=O)c1cc(-c2ccc(OCc3ccc(Cl)cc3)cc2)n[nH]1)c1ccccc1O. The van der Waals surface area contributed by atoms with E-state index < -0.39 is 5.91 Å². The van der Waals surface area contributed by atoms with Crippen molar-refractivity contribution in [2.45, 2.75) is 13.5 Å². The van der Waals surface area contributed by atoms with Gasteiger partial charge >= 0.3 is 0 Å². The Bertz CT molecular complexity index is 1280. The van der Waals surface area contributed by atoms with Gasteiger partial charge in [-0.05, 0) is 67.1 Å². The number of para-hydroxylation sites is 1. The highest BCUT2D eigenvalue weighted by Gasteiger charge is 2.12. The van der Waals surface area contributed by atoms with Crippen molar-refractivity contribution in [1.82, 2.24) is 15.6 Å². The summed E-state index contributed by atoms with van der Waals surface area (Å²) in [6.45, 7) is 2.13. The van der Waals surface area contributed by atoms with E-state index >= 15 is 0 Å². The summed E-state index contributed by atoms with van der Waals surface area (Å²) in [6, 6.07) is 23.3. The summed E-state index contributed by atoms with van der Waals surface area (Å²) >= 11 is 5.90. The van der Waals surface area contributed by atoms with Crippen LogP contribution in [0, 0.1) is 0 Å². The van der Waals surface area contributed by atoms with Gasteiger partial charge in [0, 0.05) is 16.1 Å². The topological polar surface area (TPSA) is 99.6 Å². The molecule has 0 spiro atoms. The van der Waals surface area contributed by atoms with Crippen LogP contribution in [0.3, 0.4) is 0 Å². The maximum absolute atomic E-state index is 12.4. The number of phenolic OH excluding ortho intramolecular Hbond substituents is 1. The minimum Gasteiger partial charge on any atom is -0.507 e. The number of nitrogens with one attached hydrogen (secondary N) is 2. The number of halogens is 1. The van der Waals surface area contributed by atoms with Crippen LogP contribution in [0.25, 0.3) is 11.3 Å². The number of carbonyl (C=O) groups is 1. The van der Waals surface area contributed by atoms with E-state index in [2.05, 4.69) is 20.7 Å². The van der Waals surface area contributed by atoms with Crippen LogP contribution in [0.4, 0.5) is 0 Å². The molecule has 0 radical (unpaired) electrons. The Morgan fingerprint density at radius 3 is 2.55 bits per heavy atom. The number of nitrogens with zero attached hydrogens (tertiary/aromatic N) is 2. The van der Waals surface area contributed by atoms with Gasteiger partial charge in [0.25, 0.3) is 5.91 Å². The van der Waals surface area contributed by atoms with Crippen molar-refractivity contribution in [3.8, 4) is 22.8 Å². The molecule has 3 aromatic carbocycles. The molecule has 0 saturated heterocycles. The van der Waals surface area contributed by atoms with Crippen LogP contribution in [0.15, 0.2) is 84.0 Å². The standard InChI is InChI=1S/C25H21ClN4O3/c1-16(21-4-2-3-5-24(21)31)27-30-25(32)23-14-22(28-29-23)18-8-12-20(13-9-18)33-15-17-6-10-19(26)11-7-17/h2-14,31H,15H2,1H3,(H,28,29)(H,30,32)/b27-16+. The molecule has 1 heterocycles. The Morgan fingerprint density at radius 2 is 1.82 bits per heavy atom. The van der Waals surface area contributed by atoms with Crippen LogP contribution < -0.4 is 10.2 Å². The van der Waals surface area contributed by atoms with Crippen molar-refractivity contribution in [3.05, 3.63) is 101 Å². The largest absolute Gasteiger partial charge is 0.507 e. The molecule has 1 amide bonds. The number of amides is 1. The first-order valence-electron chi connectivity index (χ1n) is 10.2. The van der Waals surface area contributed by atoms with E-state index in [1.54, 1.807) is 37.3 Å². The van der Waals surface area contributed by atoms with Gasteiger partial charge in [0.15, 0.2) is 0 Å². The lowest BCUT2D eigenvalue weighted by molar-refractivity contribution is 0.0950. The summed E-state index contributed by atoms with van der Waals surface area (Å²) in [7, 11) is 0. The second kappa shape index (κ2) is 10.0. The third kappa shape index (κ3) is 5.58. The first-order valence-corrected chi connectivity index (χ1v) is 10.5. The molecule has 0 fully saturated rings. The molecule has 1 aromatic heterocycles. The van der Waals surface area contributed by atoms with Gasteiger partial charge in [0.1, 0.15) is 23.8 Å². The van der Waals surface area contributed by atoms with Crippen LogP contribution in [-0.2, 0) is 6.61 Å². The predicted molar refractivity (Wildman–Crippen MR) is 128 cm³/mol. The molecule has 0 atom stereocenters. The van der Waals surface area contributed by atoms with Crippen LogP contribution in [0.5, 0.6) is 11.5 Å². The summed E-state index contributed by atoms with van der Waals surface area (Å²) in [6.07, 6.45) is 0. The van der Waals surface area contributed by atoms with Crippen molar-refractivity contribution in [3.63, 3.8) is 0 Å². The summed E-state index contributed by atoms with van der Waals surface area (Å²) in [5.74, 6) is 0.375. The quantitative estimate of drug-likeness (QED) is 0.261. The van der Waals surface area contributed by atoms with Crippen LogP contribution in [0.2, 0.25) is 5.02 Å². The molecule has 0 aliphatic heterocycles. The first-order chi connectivity index (χ1) is 16.0. The molecule has 8 heteroatoms. The lowest BCUT2D eigenvalue weighted by atomic mass is 10.1. The monoisotopic (exact) mass is 460 g/mol. The van der Waals surface area contributed by atoms with E-state index in [0.29, 0.717) is 28.6 Å². The first kappa shape index (κ1) is 22.1. The molecule has 4 rings (SSSR count). The van der Waals surface area contributed by atoms with Crippen molar-refractivity contribution in [2.24, 2.45) is 5.10 Å². The lowest BCUT2D eigenvalue weighted by Gasteiger charge is -2.07. The number of rotatable bonds is 7. The van der Waals surface area contributed by atoms with E-state index in [-0.39, 0.29) is 11.4 Å². The summed E-state index contributed by atoms with van der Waals surface area (Å²) in [5, 5.41) is 21.6. The minimum absolute atomic E-state index is 0.0948. The minimum atomic E-state index is -0.438. The van der Waals surface area contributed by atoms with Gasteiger partial charge in [0.05, 0.1) is 11.4 Å². The number of hydrazone groups is 1. The zero-order valence-corrected chi connectivity index (χ0v) is 18.5. The Kier molecular flexibility index (Phi) is 6.71. The van der Waals surface area contributed by atoms with Crippen molar-refractivity contribution in [2.75, 3.05) is 0 Å². The number of hydrogen-bond donors (Lipinski definition) is 3. The number of phenols is 1. The van der Waals surface area contributed by atoms with E-state index in [1.165, 1.54) is 0 Å².